The number of hydrogen-bond acceptors (Lipinski definition) is 3. The minimum atomic E-state index is 0.235. The van der Waals surface area contributed by atoms with Crippen LogP contribution in [0.2, 0.25) is 0 Å². The Hall–Kier alpha value is -0.120. The minimum Gasteiger partial charge on any atom is -0.395 e. The van der Waals surface area contributed by atoms with Crippen LogP contribution in [0.1, 0.15) is 34.1 Å². The van der Waals surface area contributed by atoms with E-state index in [1.165, 1.54) is 0 Å². The van der Waals surface area contributed by atoms with Crippen molar-refractivity contribution in [2.24, 2.45) is 0 Å². The molecule has 1 rings (SSSR count). The maximum Gasteiger partial charge on any atom is 0.0597 e. The van der Waals surface area contributed by atoms with Crippen LogP contribution < -0.4 is 5.32 Å². The molecule has 0 aromatic rings. The summed E-state index contributed by atoms with van der Waals surface area (Å²) >= 11 is 0. The third-order valence-electron chi connectivity index (χ3n) is 3.21. The van der Waals surface area contributed by atoms with Gasteiger partial charge in [0.1, 0.15) is 0 Å². The first-order valence-electron chi connectivity index (χ1n) is 5.58. The van der Waals surface area contributed by atoms with Crippen LogP contribution in [0.15, 0.2) is 0 Å². The SMILES string of the molecule is CC(C)N1CC(CO)NCCC1(C)C. The van der Waals surface area contributed by atoms with E-state index in [0.717, 1.165) is 19.5 Å². The number of hydrogen-bond donors (Lipinski definition) is 2. The lowest BCUT2D eigenvalue weighted by atomic mass is 9.97. The van der Waals surface area contributed by atoms with Gasteiger partial charge in [0.25, 0.3) is 0 Å². The lowest BCUT2D eigenvalue weighted by molar-refractivity contribution is 0.0762. The van der Waals surface area contributed by atoms with Gasteiger partial charge in [-0.3, -0.25) is 4.90 Å². The van der Waals surface area contributed by atoms with Crippen LogP contribution in [0.25, 0.3) is 0 Å². The van der Waals surface area contributed by atoms with Crippen LogP contribution in [0.5, 0.6) is 0 Å². The van der Waals surface area contributed by atoms with E-state index in [0.29, 0.717) is 6.04 Å². The lowest BCUT2D eigenvalue weighted by Gasteiger charge is -2.40. The van der Waals surface area contributed by atoms with Gasteiger partial charge in [-0.15, -0.1) is 0 Å². The van der Waals surface area contributed by atoms with Gasteiger partial charge in [-0.1, -0.05) is 0 Å². The van der Waals surface area contributed by atoms with Crippen molar-refractivity contribution in [2.75, 3.05) is 19.7 Å². The zero-order chi connectivity index (χ0) is 10.8. The summed E-state index contributed by atoms with van der Waals surface area (Å²) in [6.07, 6.45) is 1.14. The Kier molecular flexibility index (Phi) is 3.93. The fourth-order valence-electron chi connectivity index (χ4n) is 2.31. The van der Waals surface area contributed by atoms with Crippen molar-refractivity contribution in [3.63, 3.8) is 0 Å². The summed E-state index contributed by atoms with van der Waals surface area (Å²) in [5.41, 5.74) is 0.241. The molecule has 2 N–H and O–H groups in total. The van der Waals surface area contributed by atoms with Crippen molar-refractivity contribution >= 4 is 0 Å². The molecule has 1 atom stereocenters. The molecule has 0 radical (unpaired) electrons. The van der Waals surface area contributed by atoms with Crippen LogP contribution in [-0.2, 0) is 0 Å². The summed E-state index contributed by atoms with van der Waals surface area (Å²) in [6.45, 7) is 11.2. The van der Waals surface area contributed by atoms with E-state index in [9.17, 15) is 5.11 Å². The number of rotatable bonds is 2. The normalized spacial score (nSPS) is 29.1. The second kappa shape index (κ2) is 4.60. The molecule has 3 nitrogen and oxygen atoms in total. The number of aliphatic hydroxyl groups is 1. The molecule has 0 aromatic heterocycles. The van der Waals surface area contributed by atoms with Gasteiger partial charge in [-0.25, -0.2) is 0 Å². The Labute approximate surface area is 87.5 Å². The van der Waals surface area contributed by atoms with E-state index in [-0.39, 0.29) is 18.2 Å². The van der Waals surface area contributed by atoms with Crippen LogP contribution in [0.4, 0.5) is 0 Å². The van der Waals surface area contributed by atoms with E-state index in [2.05, 4.69) is 37.9 Å². The van der Waals surface area contributed by atoms with Gasteiger partial charge in [0, 0.05) is 24.2 Å². The van der Waals surface area contributed by atoms with Crippen molar-refractivity contribution in [1.82, 2.24) is 10.2 Å². The van der Waals surface area contributed by atoms with Crippen LogP contribution in [0.3, 0.4) is 0 Å². The highest BCUT2D eigenvalue weighted by atomic mass is 16.3. The molecule has 3 heteroatoms. The maximum atomic E-state index is 9.20. The Balaban J connectivity index is 2.72. The Morgan fingerprint density at radius 3 is 2.64 bits per heavy atom. The Bertz CT molecular complexity index is 180. The van der Waals surface area contributed by atoms with Crippen LogP contribution in [-0.4, -0.2) is 47.3 Å². The predicted octanol–water partition coefficient (Wildman–Crippen LogP) is 0.830. The largest absolute Gasteiger partial charge is 0.395 e. The van der Waals surface area contributed by atoms with Gasteiger partial charge in [0.15, 0.2) is 0 Å². The first kappa shape index (κ1) is 12.0. The third kappa shape index (κ3) is 2.69. The first-order chi connectivity index (χ1) is 6.47. The van der Waals surface area contributed by atoms with Crippen molar-refractivity contribution in [1.29, 1.82) is 0 Å². The number of nitrogens with zero attached hydrogens (tertiary/aromatic N) is 1. The van der Waals surface area contributed by atoms with E-state index in [1.807, 2.05) is 0 Å². The molecule has 0 aromatic carbocycles. The molecule has 0 bridgehead atoms. The summed E-state index contributed by atoms with van der Waals surface area (Å²) in [6, 6.07) is 0.776. The fraction of sp³-hybridized carbons (Fsp3) is 1.00. The predicted molar refractivity (Wildman–Crippen MR) is 59.4 cm³/mol. The Morgan fingerprint density at radius 2 is 2.14 bits per heavy atom. The summed E-state index contributed by atoms with van der Waals surface area (Å²) in [5.74, 6) is 0. The lowest BCUT2D eigenvalue weighted by Crippen LogP contribution is -2.50. The van der Waals surface area contributed by atoms with Gasteiger partial charge < -0.3 is 10.4 Å². The molecule has 1 saturated heterocycles. The third-order valence-corrected chi connectivity index (χ3v) is 3.21. The van der Waals surface area contributed by atoms with Crippen molar-refractivity contribution < 1.29 is 5.11 Å². The standard InChI is InChI=1S/C11H24N2O/c1-9(2)13-7-10(8-14)12-6-5-11(13,3)4/h9-10,12,14H,5-8H2,1-4H3. The summed E-state index contributed by atoms with van der Waals surface area (Å²) < 4.78 is 0. The van der Waals surface area contributed by atoms with Crippen LogP contribution >= 0.6 is 0 Å². The maximum absolute atomic E-state index is 9.20. The number of aliphatic hydroxyl groups excluding tert-OH is 1. The Morgan fingerprint density at radius 1 is 1.50 bits per heavy atom. The molecule has 1 aliphatic heterocycles. The van der Waals surface area contributed by atoms with Crippen molar-refractivity contribution in [3.05, 3.63) is 0 Å². The highest BCUT2D eigenvalue weighted by Gasteiger charge is 2.32. The second-order valence-corrected chi connectivity index (χ2v) is 5.14. The molecule has 0 aliphatic carbocycles. The van der Waals surface area contributed by atoms with E-state index >= 15 is 0 Å². The second-order valence-electron chi connectivity index (χ2n) is 5.14. The smallest absolute Gasteiger partial charge is 0.0597 e. The quantitative estimate of drug-likeness (QED) is 0.693. The van der Waals surface area contributed by atoms with E-state index in [4.69, 9.17) is 0 Å². The van der Waals surface area contributed by atoms with E-state index < -0.39 is 0 Å². The van der Waals surface area contributed by atoms with Gasteiger partial charge in [0.2, 0.25) is 0 Å². The molecular weight excluding hydrogens is 176 g/mol. The van der Waals surface area contributed by atoms with Gasteiger partial charge in [0.05, 0.1) is 6.61 Å². The summed E-state index contributed by atoms with van der Waals surface area (Å²) in [7, 11) is 0. The van der Waals surface area contributed by atoms with Crippen molar-refractivity contribution in [2.45, 2.75) is 51.7 Å². The fourth-order valence-corrected chi connectivity index (χ4v) is 2.31. The zero-order valence-electron chi connectivity index (χ0n) is 9.88. The molecule has 0 spiro atoms. The van der Waals surface area contributed by atoms with Gasteiger partial charge in [-0.05, 0) is 40.7 Å². The molecule has 1 heterocycles. The average Bonchev–Trinajstić information content (AvgIpc) is 2.23. The van der Waals surface area contributed by atoms with Crippen LogP contribution in [0, 0.1) is 0 Å². The zero-order valence-corrected chi connectivity index (χ0v) is 9.88. The molecule has 14 heavy (non-hydrogen) atoms. The van der Waals surface area contributed by atoms with E-state index in [1.54, 1.807) is 0 Å². The number of nitrogens with one attached hydrogen (secondary N) is 1. The molecule has 84 valence electrons. The highest BCUT2D eigenvalue weighted by Crippen LogP contribution is 2.23. The first-order valence-corrected chi connectivity index (χ1v) is 5.58. The average molecular weight is 200 g/mol. The highest BCUT2D eigenvalue weighted by molar-refractivity contribution is 4.90. The molecular formula is C11H24N2O. The molecule has 0 saturated carbocycles. The molecule has 1 fully saturated rings. The monoisotopic (exact) mass is 200 g/mol. The molecule has 1 unspecified atom stereocenters. The van der Waals surface area contributed by atoms with Gasteiger partial charge >= 0.3 is 0 Å². The molecule has 1 aliphatic rings. The van der Waals surface area contributed by atoms with Crippen molar-refractivity contribution in [3.8, 4) is 0 Å². The molecule has 0 amide bonds. The summed E-state index contributed by atoms with van der Waals surface area (Å²) in [4.78, 5) is 2.48. The topological polar surface area (TPSA) is 35.5 Å². The minimum absolute atomic E-state index is 0.235. The van der Waals surface area contributed by atoms with Gasteiger partial charge in [-0.2, -0.15) is 0 Å². The summed E-state index contributed by atoms with van der Waals surface area (Å²) in [5, 5.41) is 12.6.